The third-order valence-electron chi connectivity index (χ3n) is 5.38. The summed E-state index contributed by atoms with van der Waals surface area (Å²) in [5.74, 6) is 12.9. The number of piperidine rings is 1. The smallest absolute Gasteiger partial charge is 0.166 e. The molecule has 4 rings (SSSR count). The molecular weight excluding hydrogens is 354 g/mol. The van der Waals surface area contributed by atoms with Gasteiger partial charge in [-0.2, -0.15) is 5.10 Å². The van der Waals surface area contributed by atoms with Gasteiger partial charge in [0, 0.05) is 18.4 Å². The minimum atomic E-state index is -0.304. The molecule has 1 spiro atoms. The minimum absolute atomic E-state index is 0.304. The van der Waals surface area contributed by atoms with Gasteiger partial charge < -0.3 is 26.1 Å². The number of hydrogen-bond acceptors (Lipinski definition) is 6. The van der Waals surface area contributed by atoms with Crippen molar-refractivity contribution in [2.24, 2.45) is 16.8 Å². The first-order chi connectivity index (χ1) is 13.7. The quantitative estimate of drug-likeness (QED) is 0.280. The van der Waals surface area contributed by atoms with Gasteiger partial charge in [-0.05, 0) is 42.4 Å². The molecule has 0 saturated carbocycles. The van der Waals surface area contributed by atoms with E-state index < -0.39 is 0 Å². The van der Waals surface area contributed by atoms with Crippen molar-refractivity contribution in [2.45, 2.75) is 18.4 Å². The van der Waals surface area contributed by atoms with Crippen LogP contribution in [0.15, 0.2) is 53.6 Å². The zero-order valence-corrected chi connectivity index (χ0v) is 15.9. The summed E-state index contributed by atoms with van der Waals surface area (Å²) in [5.41, 5.74) is 6.19. The third-order valence-corrected chi connectivity index (χ3v) is 5.38. The largest absolute Gasteiger partial charge is 0.496 e. The summed E-state index contributed by atoms with van der Waals surface area (Å²) in [4.78, 5) is 0. The highest BCUT2D eigenvalue weighted by atomic mass is 16.5. The van der Waals surface area contributed by atoms with Gasteiger partial charge >= 0.3 is 0 Å². The van der Waals surface area contributed by atoms with Gasteiger partial charge in [0.1, 0.15) is 17.1 Å². The number of nitrogens with two attached hydrogens (primary N) is 2. The molecule has 2 aromatic rings. The van der Waals surface area contributed by atoms with E-state index >= 15 is 0 Å². The van der Waals surface area contributed by atoms with E-state index in [9.17, 15) is 0 Å². The fraction of sp³-hybridized carbons (Fsp3) is 0.286. The molecule has 2 aliphatic heterocycles. The number of benzene rings is 2. The number of nitrogens with one attached hydrogen (secondary N) is 2. The number of ether oxygens (including phenoxy) is 2. The number of rotatable bonds is 3. The highest BCUT2D eigenvalue weighted by Crippen LogP contribution is 2.46. The SMILES string of the molecule is COc1cccc2c1C(c1ccc(/C(=N/N)NN)cc1)=CC1(CCNCC1)O2. The van der Waals surface area contributed by atoms with Crippen LogP contribution in [-0.4, -0.2) is 31.6 Å². The number of hydrogen-bond donors (Lipinski definition) is 4. The van der Waals surface area contributed by atoms with Crippen LogP contribution in [0.25, 0.3) is 5.57 Å². The Balaban J connectivity index is 1.82. The minimum Gasteiger partial charge on any atom is -0.496 e. The predicted molar refractivity (Wildman–Crippen MR) is 110 cm³/mol. The highest BCUT2D eigenvalue weighted by molar-refractivity contribution is 5.98. The molecule has 6 N–H and O–H groups in total. The zero-order chi connectivity index (χ0) is 19.6. The second kappa shape index (κ2) is 7.53. The number of fused-ring (bicyclic) bond motifs is 1. The second-order valence-corrected chi connectivity index (χ2v) is 7.01. The maximum Gasteiger partial charge on any atom is 0.166 e. The normalized spacial score (nSPS) is 18.1. The van der Waals surface area contributed by atoms with E-state index in [0.717, 1.165) is 59.7 Å². The molecule has 0 aromatic heterocycles. The molecule has 0 amide bonds. The number of amidine groups is 1. The Morgan fingerprint density at radius 3 is 2.57 bits per heavy atom. The van der Waals surface area contributed by atoms with E-state index in [2.05, 4.69) is 21.9 Å². The molecule has 0 atom stereocenters. The molecule has 0 aliphatic carbocycles. The van der Waals surface area contributed by atoms with Crippen LogP contribution in [-0.2, 0) is 0 Å². The van der Waals surface area contributed by atoms with Crippen LogP contribution in [0.1, 0.15) is 29.5 Å². The zero-order valence-electron chi connectivity index (χ0n) is 15.9. The first kappa shape index (κ1) is 18.3. The molecule has 2 aromatic carbocycles. The Morgan fingerprint density at radius 1 is 1.18 bits per heavy atom. The molecule has 2 aliphatic rings. The second-order valence-electron chi connectivity index (χ2n) is 7.01. The van der Waals surface area contributed by atoms with Crippen molar-refractivity contribution < 1.29 is 9.47 Å². The Kier molecular flexibility index (Phi) is 4.93. The van der Waals surface area contributed by atoms with Crippen LogP contribution in [0, 0.1) is 0 Å². The van der Waals surface area contributed by atoms with Gasteiger partial charge in [-0.1, -0.05) is 30.3 Å². The molecule has 0 radical (unpaired) electrons. The average Bonchev–Trinajstić information content (AvgIpc) is 2.74. The summed E-state index contributed by atoms with van der Waals surface area (Å²) >= 11 is 0. The lowest BCUT2D eigenvalue weighted by Gasteiger charge is -2.40. The monoisotopic (exact) mass is 379 g/mol. The number of hydrazone groups is 1. The highest BCUT2D eigenvalue weighted by Gasteiger charge is 2.38. The molecule has 1 saturated heterocycles. The summed E-state index contributed by atoms with van der Waals surface area (Å²) in [6.07, 6.45) is 4.10. The fourth-order valence-electron chi connectivity index (χ4n) is 3.94. The molecular formula is C21H25N5O2. The van der Waals surface area contributed by atoms with Crippen molar-refractivity contribution in [1.29, 1.82) is 0 Å². The number of hydrazine groups is 1. The van der Waals surface area contributed by atoms with E-state index in [-0.39, 0.29) is 5.60 Å². The fourth-order valence-corrected chi connectivity index (χ4v) is 3.94. The lowest BCUT2D eigenvalue weighted by Crippen LogP contribution is -2.46. The maximum absolute atomic E-state index is 6.49. The molecule has 7 heteroatoms. The molecule has 28 heavy (non-hydrogen) atoms. The maximum atomic E-state index is 6.49. The van der Waals surface area contributed by atoms with Crippen molar-refractivity contribution in [3.8, 4) is 11.5 Å². The van der Waals surface area contributed by atoms with E-state index in [1.165, 1.54) is 0 Å². The van der Waals surface area contributed by atoms with Crippen LogP contribution in [0.4, 0.5) is 0 Å². The molecule has 0 unspecified atom stereocenters. The van der Waals surface area contributed by atoms with Crippen LogP contribution >= 0.6 is 0 Å². The van der Waals surface area contributed by atoms with Gasteiger partial charge in [0.05, 0.1) is 12.7 Å². The molecule has 2 heterocycles. The first-order valence-corrected chi connectivity index (χ1v) is 9.35. The molecule has 0 bridgehead atoms. The van der Waals surface area contributed by atoms with E-state index in [1.807, 2.05) is 42.5 Å². The van der Waals surface area contributed by atoms with Crippen LogP contribution < -0.4 is 31.9 Å². The van der Waals surface area contributed by atoms with Crippen LogP contribution in [0.3, 0.4) is 0 Å². The number of methoxy groups -OCH3 is 1. The summed E-state index contributed by atoms with van der Waals surface area (Å²) in [6, 6.07) is 13.9. The standard InChI is InChI=1S/C21H25N5O2/c1-27-17-3-2-4-18-19(17)16(13-21(28-18)9-11-24-12-10-21)14-5-7-15(8-6-14)20(25-22)26-23/h2-8,13,24H,9-12,22-23H2,1H3,(H,25,26). The van der Waals surface area contributed by atoms with Crippen molar-refractivity contribution in [3.63, 3.8) is 0 Å². The van der Waals surface area contributed by atoms with Crippen molar-refractivity contribution in [2.75, 3.05) is 20.2 Å². The van der Waals surface area contributed by atoms with Crippen molar-refractivity contribution >= 4 is 11.4 Å². The van der Waals surface area contributed by atoms with Gasteiger partial charge in [0.15, 0.2) is 5.84 Å². The van der Waals surface area contributed by atoms with E-state index in [0.29, 0.717) is 5.84 Å². The van der Waals surface area contributed by atoms with Crippen molar-refractivity contribution in [1.82, 2.24) is 10.7 Å². The Hall–Kier alpha value is -3.03. The number of nitrogens with zero attached hydrogens (tertiary/aromatic N) is 1. The molecule has 1 fully saturated rings. The molecule has 146 valence electrons. The van der Waals surface area contributed by atoms with Gasteiger partial charge in [-0.3, -0.25) is 0 Å². The summed E-state index contributed by atoms with van der Waals surface area (Å²) in [5, 5.41) is 7.08. The summed E-state index contributed by atoms with van der Waals surface area (Å²) in [6.45, 7) is 1.86. The Labute approximate surface area is 164 Å². The third kappa shape index (κ3) is 3.19. The lowest BCUT2D eigenvalue weighted by atomic mass is 9.83. The first-order valence-electron chi connectivity index (χ1n) is 9.35. The Morgan fingerprint density at radius 2 is 1.93 bits per heavy atom. The Bertz CT molecular complexity index is 915. The van der Waals surface area contributed by atoms with E-state index in [1.54, 1.807) is 7.11 Å². The van der Waals surface area contributed by atoms with Crippen molar-refractivity contribution in [3.05, 3.63) is 65.2 Å². The molecule has 7 nitrogen and oxygen atoms in total. The van der Waals surface area contributed by atoms with Crippen LogP contribution in [0.5, 0.6) is 11.5 Å². The summed E-state index contributed by atoms with van der Waals surface area (Å²) in [7, 11) is 1.68. The average molecular weight is 379 g/mol. The van der Waals surface area contributed by atoms with Crippen LogP contribution in [0.2, 0.25) is 0 Å². The van der Waals surface area contributed by atoms with Gasteiger partial charge in [0.2, 0.25) is 0 Å². The summed E-state index contributed by atoms with van der Waals surface area (Å²) < 4.78 is 12.1. The van der Waals surface area contributed by atoms with Gasteiger partial charge in [0.25, 0.3) is 0 Å². The topological polar surface area (TPSA) is 107 Å². The van der Waals surface area contributed by atoms with Gasteiger partial charge in [-0.25, -0.2) is 5.84 Å². The predicted octanol–water partition coefficient (Wildman–Crippen LogP) is 1.73. The van der Waals surface area contributed by atoms with E-state index in [4.69, 9.17) is 21.2 Å². The van der Waals surface area contributed by atoms with Gasteiger partial charge in [-0.15, -0.1) is 0 Å². The lowest BCUT2D eigenvalue weighted by molar-refractivity contribution is 0.0813.